The van der Waals surface area contributed by atoms with Gasteiger partial charge in [-0.2, -0.15) is 0 Å². The van der Waals surface area contributed by atoms with Gasteiger partial charge in [0, 0.05) is 23.9 Å². The van der Waals surface area contributed by atoms with Crippen molar-refractivity contribution in [2.24, 2.45) is 0 Å². The van der Waals surface area contributed by atoms with E-state index in [2.05, 4.69) is 18.2 Å². The Labute approximate surface area is 183 Å². The molecule has 4 nitrogen and oxygen atoms in total. The minimum Gasteiger partial charge on any atom is -0.495 e. The number of hydrogen-bond donors (Lipinski definition) is 0. The van der Waals surface area contributed by atoms with Crippen molar-refractivity contribution in [1.29, 1.82) is 0 Å². The summed E-state index contributed by atoms with van der Waals surface area (Å²) < 4.78 is 5.29. The largest absolute Gasteiger partial charge is 0.495 e. The number of carbonyl (C=O) groups is 1. The Hall–Kier alpha value is -2.89. The minimum atomic E-state index is 0.0501. The molecule has 0 radical (unpaired) electrons. The van der Waals surface area contributed by atoms with Gasteiger partial charge >= 0.3 is 0 Å². The molecule has 0 fully saturated rings. The third kappa shape index (κ3) is 3.34. The van der Waals surface area contributed by atoms with E-state index in [-0.39, 0.29) is 5.91 Å². The van der Waals surface area contributed by atoms with E-state index in [0.29, 0.717) is 34.3 Å². The summed E-state index contributed by atoms with van der Waals surface area (Å²) in [5.74, 6) is 0.646. The summed E-state index contributed by atoms with van der Waals surface area (Å²) in [5.41, 5.74) is 3.22. The van der Waals surface area contributed by atoms with Crippen LogP contribution in [0.3, 0.4) is 0 Å². The molecule has 1 aliphatic heterocycles. The van der Waals surface area contributed by atoms with E-state index in [1.54, 1.807) is 7.11 Å². The van der Waals surface area contributed by atoms with Gasteiger partial charge in [-0.25, -0.2) is 4.98 Å². The number of fused-ring (bicyclic) bond motifs is 2. The van der Waals surface area contributed by atoms with Gasteiger partial charge in [0.05, 0.1) is 17.5 Å². The molecule has 0 saturated carbocycles. The van der Waals surface area contributed by atoms with Crippen molar-refractivity contribution in [3.63, 3.8) is 0 Å². The van der Waals surface area contributed by atoms with E-state index >= 15 is 0 Å². The second-order valence-electron chi connectivity index (χ2n) is 7.24. The highest BCUT2D eigenvalue weighted by atomic mass is 35.5. The number of carbonyl (C=O) groups excluding carboxylic acids is 1. The smallest absolute Gasteiger partial charge is 0.264 e. The Morgan fingerprint density at radius 2 is 1.97 bits per heavy atom. The Bertz CT molecular complexity index is 1300. The molecule has 0 saturated heterocycles. The monoisotopic (exact) mass is 434 g/mol. The molecule has 3 heterocycles. The average molecular weight is 435 g/mol. The molecule has 150 valence electrons. The number of halogens is 1. The van der Waals surface area contributed by atoms with Gasteiger partial charge in [0.1, 0.15) is 15.6 Å². The fraction of sp³-hybridized carbons (Fsp3) is 0.167. The first-order valence-corrected chi connectivity index (χ1v) is 10.9. The summed E-state index contributed by atoms with van der Waals surface area (Å²) in [6, 6.07) is 18.1. The number of benzene rings is 2. The molecule has 2 aromatic heterocycles. The molecule has 0 spiro atoms. The number of thiophene rings is 1. The molecule has 30 heavy (non-hydrogen) atoms. The minimum absolute atomic E-state index is 0.0501. The summed E-state index contributed by atoms with van der Waals surface area (Å²) in [5, 5.41) is 2.38. The third-order valence-electron chi connectivity index (χ3n) is 5.45. The maximum absolute atomic E-state index is 13.1. The molecular weight excluding hydrogens is 416 g/mol. The van der Waals surface area contributed by atoms with Crippen LogP contribution >= 0.6 is 22.9 Å². The Morgan fingerprint density at radius 3 is 2.70 bits per heavy atom. The van der Waals surface area contributed by atoms with Crippen LogP contribution in [-0.2, 0) is 0 Å². The summed E-state index contributed by atoms with van der Waals surface area (Å²) in [7, 11) is 1.59. The number of rotatable bonds is 3. The van der Waals surface area contributed by atoms with Crippen molar-refractivity contribution in [3.8, 4) is 5.75 Å². The van der Waals surface area contributed by atoms with Crippen molar-refractivity contribution >= 4 is 55.5 Å². The lowest BCUT2D eigenvalue weighted by atomic mass is 9.99. The van der Waals surface area contributed by atoms with Crippen molar-refractivity contribution in [2.75, 3.05) is 20.2 Å². The standard InChI is InChI=1S/C24H19ClN2O2S/c1-29-19-8-7-17-13-18-14-20(30-23(18)26-22(17)21(19)25)24(28)27-11-9-16(10-12-27)15-5-3-2-4-6-15/h2-9,13-14H,10-12H2,1H3. The zero-order chi connectivity index (χ0) is 20.7. The van der Waals surface area contributed by atoms with E-state index in [1.807, 2.05) is 47.4 Å². The zero-order valence-electron chi connectivity index (χ0n) is 16.4. The van der Waals surface area contributed by atoms with Gasteiger partial charge in [-0.1, -0.05) is 48.0 Å². The number of hydrogen-bond acceptors (Lipinski definition) is 4. The highest BCUT2D eigenvalue weighted by Gasteiger charge is 2.22. The molecule has 4 aromatic rings. The Balaban J connectivity index is 1.43. The fourth-order valence-corrected chi connectivity index (χ4v) is 5.11. The van der Waals surface area contributed by atoms with Crippen LogP contribution in [0.15, 0.2) is 60.7 Å². The van der Waals surface area contributed by atoms with Gasteiger partial charge in [0.2, 0.25) is 0 Å². The quantitative estimate of drug-likeness (QED) is 0.394. The number of ether oxygens (including phenoxy) is 1. The van der Waals surface area contributed by atoms with Crippen LogP contribution in [0, 0.1) is 0 Å². The maximum atomic E-state index is 13.1. The van der Waals surface area contributed by atoms with Gasteiger partial charge in [-0.05, 0) is 41.8 Å². The predicted molar refractivity (Wildman–Crippen MR) is 124 cm³/mol. The first-order valence-electron chi connectivity index (χ1n) is 9.74. The molecular formula is C24H19ClN2O2S. The lowest BCUT2D eigenvalue weighted by molar-refractivity contribution is 0.0778. The second kappa shape index (κ2) is 7.74. The molecule has 5 rings (SSSR count). The number of methoxy groups -OCH3 is 1. The van der Waals surface area contributed by atoms with Crippen LogP contribution in [0.4, 0.5) is 0 Å². The van der Waals surface area contributed by atoms with Gasteiger partial charge in [0.25, 0.3) is 5.91 Å². The molecule has 1 aliphatic rings. The van der Waals surface area contributed by atoms with Crippen molar-refractivity contribution < 1.29 is 9.53 Å². The molecule has 2 aromatic carbocycles. The van der Waals surface area contributed by atoms with Crippen LogP contribution in [0.5, 0.6) is 5.75 Å². The number of pyridine rings is 1. The normalized spacial score (nSPS) is 14.2. The van der Waals surface area contributed by atoms with Crippen molar-refractivity contribution in [2.45, 2.75) is 6.42 Å². The van der Waals surface area contributed by atoms with Crippen LogP contribution < -0.4 is 4.74 Å². The van der Waals surface area contributed by atoms with Gasteiger partial charge in [-0.15, -0.1) is 11.3 Å². The van der Waals surface area contributed by atoms with Crippen LogP contribution in [0.1, 0.15) is 21.7 Å². The summed E-state index contributed by atoms with van der Waals surface area (Å²) >= 11 is 7.84. The van der Waals surface area contributed by atoms with E-state index in [4.69, 9.17) is 21.3 Å². The SMILES string of the molecule is COc1ccc2cc3cc(C(=O)N4CC=C(c5ccccc5)CC4)sc3nc2c1Cl. The molecule has 0 aliphatic carbocycles. The number of aromatic nitrogens is 1. The van der Waals surface area contributed by atoms with Gasteiger partial charge < -0.3 is 9.64 Å². The van der Waals surface area contributed by atoms with E-state index < -0.39 is 0 Å². The highest BCUT2D eigenvalue weighted by molar-refractivity contribution is 7.20. The Morgan fingerprint density at radius 1 is 1.13 bits per heavy atom. The van der Waals surface area contributed by atoms with Crippen LogP contribution in [-0.4, -0.2) is 36.0 Å². The molecule has 0 bridgehead atoms. The first kappa shape index (κ1) is 19.1. The van der Waals surface area contributed by atoms with Gasteiger partial charge in [-0.3, -0.25) is 4.79 Å². The van der Waals surface area contributed by atoms with E-state index in [1.165, 1.54) is 22.5 Å². The van der Waals surface area contributed by atoms with Gasteiger partial charge in [0.15, 0.2) is 0 Å². The summed E-state index contributed by atoms with van der Waals surface area (Å²) in [6.45, 7) is 1.34. The molecule has 1 amide bonds. The van der Waals surface area contributed by atoms with Crippen molar-refractivity contribution in [1.82, 2.24) is 9.88 Å². The number of amides is 1. The maximum Gasteiger partial charge on any atom is 0.264 e. The topological polar surface area (TPSA) is 42.4 Å². The first-order chi connectivity index (χ1) is 14.6. The molecule has 0 N–H and O–H groups in total. The van der Waals surface area contributed by atoms with E-state index in [0.717, 1.165) is 22.0 Å². The van der Waals surface area contributed by atoms with Crippen LogP contribution in [0.2, 0.25) is 5.02 Å². The Kier molecular flexibility index (Phi) is 4.93. The predicted octanol–water partition coefficient (Wildman–Crippen LogP) is 6.04. The molecule has 0 unspecified atom stereocenters. The summed E-state index contributed by atoms with van der Waals surface area (Å²) in [6.07, 6.45) is 3.01. The third-order valence-corrected chi connectivity index (χ3v) is 6.85. The summed E-state index contributed by atoms with van der Waals surface area (Å²) in [4.78, 5) is 21.2. The van der Waals surface area contributed by atoms with E-state index in [9.17, 15) is 4.79 Å². The second-order valence-corrected chi connectivity index (χ2v) is 8.65. The number of nitrogens with zero attached hydrogens (tertiary/aromatic N) is 2. The zero-order valence-corrected chi connectivity index (χ0v) is 18.0. The van der Waals surface area contributed by atoms with Crippen molar-refractivity contribution in [3.05, 3.63) is 76.1 Å². The average Bonchev–Trinajstić information content (AvgIpc) is 3.21. The lowest BCUT2D eigenvalue weighted by Crippen LogP contribution is -2.34. The molecule has 0 atom stereocenters. The lowest BCUT2D eigenvalue weighted by Gasteiger charge is -2.26. The molecule has 6 heteroatoms. The fourth-order valence-electron chi connectivity index (χ4n) is 3.83. The highest BCUT2D eigenvalue weighted by Crippen LogP contribution is 2.35. The van der Waals surface area contributed by atoms with Crippen LogP contribution in [0.25, 0.3) is 26.7 Å².